The van der Waals surface area contributed by atoms with E-state index < -0.39 is 0 Å². The standard InChI is InChI=1S/C15H24N2O2/c1-11(2)9-13(6-8-18)10-17-15(19)14-5-4-7-16-12(14)3/h4-5,7,11,13,18H,6,8-10H2,1-3H3,(H,17,19). The first-order valence-corrected chi connectivity index (χ1v) is 6.85. The molecular weight excluding hydrogens is 240 g/mol. The number of aliphatic hydroxyl groups is 1. The summed E-state index contributed by atoms with van der Waals surface area (Å²) in [6.45, 7) is 6.90. The van der Waals surface area contributed by atoms with E-state index >= 15 is 0 Å². The molecule has 1 rings (SSSR count). The molecule has 4 heteroatoms. The summed E-state index contributed by atoms with van der Waals surface area (Å²) in [6.07, 6.45) is 3.41. The van der Waals surface area contributed by atoms with E-state index in [0.717, 1.165) is 18.5 Å². The van der Waals surface area contributed by atoms with Crippen molar-refractivity contribution >= 4 is 5.91 Å². The molecule has 0 radical (unpaired) electrons. The minimum absolute atomic E-state index is 0.0858. The van der Waals surface area contributed by atoms with Crippen molar-refractivity contribution in [3.05, 3.63) is 29.6 Å². The van der Waals surface area contributed by atoms with Gasteiger partial charge in [-0.25, -0.2) is 0 Å². The molecular formula is C15H24N2O2. The highest BCUT2D eigenvalue weighted by Gasteiger charge is 2.14. The van der Waals surface area contributed by atoms with Crippen LogP contribution in [0.1, 0.15) is 42.7 Å². The molecule has 0 fully saturated rings. The molecule has 2 N–H and O–H groups in total. The summed E-state index contributed by atoms with van der Waals surface area (Å²) < 4.78 is 0. The smallest absolute Gasteiger partial charge is 0.253 e. The molecule has 1 amide bonds. The van der Waals surface area contributed by atoms with Gasteiger partial charge >= 0.3 is 0 Å². The summed E-state index contributed by atoms with van der Waals surface area (Å²) >= 11 is 0. The van der Waals surface area contributed by atoms with Gasteiger partial charge in [-0.15, -0.1) is 0 Å². The zero-order valence-electron chi connectivity index (χ0n) is 12.0. The van der Waals surface area contributed by atoms with Gasteiger partial charge in [0.1, 0.15) is 0 Å². The van der Waals surface area contributed by atoms with E-state index in [4.69, 9.17) is 5.11 Å². The molecule has 0 bridgehead atoms. The largest absolute Gasteiger partial charge is 0.396 e. The van der Waals surface area contributed by atoms with Gasteiger partial charge in [-0.05, 0) is 43.7 Å². The third-order valence-corrected chi connectivity index (χ3v) is 3.14. The van der Waals surface area contributed by atoms with E-state index in [1.54, 1.807) is 18.3 Å². The highest BCUT2D eigenvalue weighted by molar-refractivity contribution is 5.95. The van der Waals surface area contributed by atoms with Crippen molar-refractivity contribution in [2.24, 2.45) is 11.8 Å². The van der Waals surface area contributed by atoms with E-state index in [9.17, 15) is 4.79 Å². The average Bonchev–Trinajstić information content (AvgIpc) is 2.36. The van der Waals surface area contributed by atoms with Gasteiger partial charge in [-0.2, -0.15) is 0 Å². The third-order valence-electron chi connectivity index (χ3n) is 3.14. The molecule has 19 heavy (non-hydrogen) atoms. The van der Waals surface area contributed by atoms with Gasteiger partial charge in [0.05, 0.1) is 5.56 Å². The molecule has 0 spiro atoms. The molecule has 4 nitrogen and oxygen atoms in total. The van der Waals surface area contributed by atoms with Crippen molar-refractivity contribution in [2.75, 3.05) is 13.2 Å². The predicted molar refractivity (Wildman–Crippen MR) is 76.0 cm³/mol. The van der Waals surface area contributed by atoms with Crippen molar-refractivity contribution in [1.29, 1.82) is 0 Å². The SMILES string of the molecule is Cc1ncccc1C(=O)NCC(CCO)CC(C)C. The van der Waals surface area contributed by atoms with E-state index in [0.29, 0.717) is 23.9 Å². The van der Waals surface area contributed by atoms with Crippen LogP contribution in [0, 0.1) is 18.8 Å². The molecule has 1 aromatic rings. The number of aliphatic hydroxyl groups excluding tert-OH is 1. The summed E-state index contributed by atoms with van der Waals surface area (Å²) in [4.78, 5) is 16.2. The maximum absolute atomic E-state index is 12.0. The number of carbonyl (C=O) groups is 1. The van der Waals surface area contributed by atoms with E-state index in [1.807, 2.05) is 6.92 Å². The number of pyridine rings is 1. The van der Waals surface area contributed by atoms with Crippen LogP contribution in [0.4, 0.5) is 0 Å². The molecule has 0 aliphatic carbocycles. The van der Waals surface area contributed by atoms with Crippen LogP contribution in [-0.2, 0) is 0 Å². The first kappa shape index (κ1) is 15.6. The van der Waals surface area contributed by atoms with Gasteiger partial charge in [-0.1, -0.05) is 13.8 Å². The lowest BCUT2D eigenvalue weighted by molar-refractivity contribution is 0.0940. The van der Waals surface area contributed by atoms with Crippen LogP contribution in [0.25, 0.3) is 0 Å². The zero-order valence-corrected chi connectivity index (χ0v) is 12.0. The second kappa shape index (κ2) is 7.89. The number of aromatic nitrogens is 1. The minimum atomic E-state index is -0.0858. The summed E-state index contributed by atoms with van der Waals surface area (Å²) in [5.41, 5.74) is 1.36. The second-order valence-electron chi connectivity index (χ2n) is 5.35. The molecule has 0 saturated carbocycles. The molecule has 0 aliphatic rings. The Bertz CT molecular complexity index is 405. The highest BCUT2D eigenvalue weighted by atomic mass is 16.3. The Morgan fingerprint density at radius 2 is 2.21 bits per heavy atom. The Morgan fingerprint density at radius 1 is 1.47 bits per heavy atom. The Hall–Kier alpha value is -1.42. The normalized spacial score (nSPS) is 12.5. The minimum Gasteiger partial charge on any atom is -0.396 e. The van der Waals surface area contributed by atoms with Crippen LogP contribution in [0.15, 0.2) is 18.3 Å². The van der Waals surface area contributed by atoms with Crippen LogP contribution >= 0.6 is 0 Å². The van der Waals surface area contributed by atoms with E-state index in [-0.39, 0.29) is 12.5 Å². The number of nitrogens with zero attached hydrogens (tertiary/aromatic N) is 1. The lowest BCUT2D eigenvalue weighted by atomic mass is 9.94. The Morgan fingerprint density at radius 3 is 2.79 bits per heavy atom. The van der Waals surface area contributed by atoms with Crippen LogP contribution < -0.4 is 5.32 Å². The highest BCUT2D eigenvalue weighted by Crippen LogP contribution is 2.14. The molecule has 1 heterocycles. The maximum atomic E-state index is 12.0. The van der Waals surface area contributed by atoms with Crippen LogP contribution in [-0.4, -0.2) is 29.1 Å². The quantitative estimate of drug-likeness (QED) is 0.793. The zero-order chi connectivity index (χ0) is 14.3. The lowest BCUT2D eigenvalue weighted by Gasteiger charge is -2.18. The van der Waals surface area contributed by atoms with Gasteiger partial charge in [0, 0.05) is 25.0 Å². The summed E-state index contributed by atoms with van der Waals surface area (Å²) in [7, 11) is 0. The Balaban J connectivity index is 2.54. The number of amides is 1. The average molecular weight is 264 g/mol. The van der Waals surface area contributed by atoms with E-state index in [2.05, 4.69) is 24.1 Å². The fourth-order valence-corrected chi connectivity index (χ4v) is 2.21. The Kier molecular flexibility index (Phi) is 6.50. The number of hydrogen-bond acceptors (Lipinski definition) is 3. The molecule has 106 valence electrons. The fourth-order valence-electron chi connectivity index (χ4n) is 2.21. The van der Waals surface area contributed by atoms with Crippen LogP contribution in [0.5, 0.6) is 0 Å². The van der Waals surface area contributed by atoms with Crippen molar-refractivity contribution in [1.82, 2.24) is 10.3 Å². The summed E-state index contributed by atoms with van der Waals surface area (Å²) in [5.74, 6) is 0.803. The number of aryl methyl sites for hydroxylation is 1. The van der Waals surface area contributed by atoms with Gasteiger partial charge in [0.2, 0.25) is 0 Å². The summed E-state index contributed by atoms with van der Waals surface area (Å²) in [6, 6.07) is 3.54. The monoisotopic (exact) mass is 264 g/mol. The molecule has 0 saturated heterocycles. The number of nitrogens with one attached hydrogen (secondary N) is 1. The van der Waals surface area contributed by atoms with Crippen LogP contribution in [0.3, 0.4) is 0 Å². The predicted octanol–water partition coefficient (Wildman–Crippen LogP) is 2.16. The van der Waals surface area contributed by atoms with Gasteiger partial charge in [-0.3, -0.25) is 9.78 Å². The van der Waals surface area contributed by atoms with Crippen LogP contribution in [0.2, 0.25) is 0 Å². The van der Waals surface area contributed by atoms with Crippen molar-refractivity contribution in [3.63, 3.8) is 0 Å². The molecule has 1 aromatic heterocycles. The molecule has 0 aromatic carbocycles. The number of rotatable bonds is 7. The number of hydrogen-bond donors (Lipinski definition) is 2. The lowest BCUT2D eigenvalue weighted by Crippen LogP contribution is -2.31. The summed E-state index contributed by atoms with van der Waals surface area (Å²) in [5, 5.41) is 12.0. The molecule has 1 atom stereocenters. The van der Waals surface area contributed by atoms with Gasteiger partial charge in [0.25, 0.3) is 5.91 Å². The van der Waals surface area contributed by atoms with Gasteiger partial charge < -0.3 is 10.4 Å². The van der Waals surface area contributed by atoms with E-state index in [1.165, 1.54) is 0 Å². The second-order valence-corrected chi connectivity index (χ2v) is 5.35. The first-order chi connectivity index (χ1) is 9.04. The van der Waals surface area contributed by atoms with Crippen molar-refractivity contribution in [2.45, 2.75) is 33.6 Å². The topological polar surface area (TPSA) is 62.2 Å². The Labute approximate surface area is 115 Å². The maximum Gasteiger partial charge on any atom is 0.253 e. The fraction of sp³-hybridized carbons (Fsp3) is 0.600. The van der Waals surface area contributed by atoms with Gasteiger partial charge in [0.15, 0.2) is 0 Å². The van der Waals surface area contributed by atoms with Crippen molar-refractivity contribution < 1.29 is 9.90 Å². The third kappa shape index (κ3) is 5.39. The molecule has 0 aliphatic heterocycles. The molecule has 1 unspecified atom stereocenters. The van der Waals surface area contributed by atoms with Crippen molar-refractivity contribution in [3.8, 4) is 0 Å². The first-order valence-electron chi connectivity index (χ1n) is 6.85. The number of carbonyl (C=O) groups excluding carboxylic acids is 1.